The molecule has 2 aromatic rings. The van der Waals surface area contributed by atoms with E-state index in [1.165, 1.54) is 27.8 Å². The Bertz CT molecular complexity index is 593. The van der Waals surface area contributed by atoms with E-state index in [0.717, 1.165) is 4.47 Å². The molecule has 0 amide bonds. The first-order valence-corrected chi connectivity index (χ1v) is 7.11. The van der Waals surface area contributed by atoms with Gasteiger partial charge in [0.15, 0.2) is 0 Å². The number of benzene rings is 2. The second-order valence-corrected chi connectivity index (χ2v) is 5.82. The van der Waals surface area contributed by atoms with Crippen molar-refractivity contribution < 1.29 is 0 Å². The lowest BCUT2D eigenvalue weighted by Crippen LogP contribution is -2.29. The smallest absolute Gasteiger partial charge is 0.0712 e. The Morgan fingerprint density at radius 2 is 1.74 bits per heavy atom. The molecular formula is C16H19BrN2. The largest absolute Gasteiger partial charge is 0.271 e. The molecule has 2 aromatic carbocycles. The van der Waals surface area contributed by atoms with Crippen LogP contribution in [0.15, 0.2) is 40.9 Å². The first-order chi connectivity index (χ1) is 9.02. The maximum atomic E-state index is 5.77. The van der Waals surface area contributed by atoms with Gasteiger partial charge in [0, 0.05) is 4.47 Å². The number of hydrogen-bond acceptors (Lipinski definition) is 2. The summed E-state index contributed by atoms with van der Waals surface area (Å²) < 4.78 is 1.12. The molecule has 0 fully saturated rings. The molecule has 2 nitrogen and oxygen atoms in total. The van der Waals surface area contributed by atoms with Crippen molar-refractivity contribution in [3.8, 4) is 0 Å². The van der Waals surface area contributed by atoms with Gasteiger partial charge < -0.3 is 0 Å². The van der Waals surface area contributed by atoms with Crippen LogP contribution in [0.3, 0.4) is 0 Å². The van der Waals surface area contributed by atoms with Crippen molar-refractivity contribution in [3.05, 3.63) is 68.7 Å². The summed E-state index contributed by atoms with van der Waals surface area (Å²) in [5, 5.41) is 0. The van der Waals surface area contributed by atoms with Crippen LogP contribution >= 0.6 is 15.9 Å². The van der Waals surface area contributed by atoms with Gasteiger partial charge in [-0.3, -0.25) is 5.84 Å². The van der Waals surface area contributed by atoms with Crippen molar-refractivity contribution in [2.75, 3.05) is 0 Å². The molecule has 0 aliphatic carbocycles. The van der Waals surface area contributed by atoms with Crippen molar-refractivity contribution in [3.63, 3.8) is 0 Å². The zero-order valence-electron chi connectivity index (χ0n) is 11.5. The van der Waals surface area contributed by atoms with Crippen molar-refractivity contribution in [1.82, 2.24) is 5.43 Å². The molecule has 0 aliphatic heterocycles. The summed E-state index contributed by atoms with van der Waals surface area (Å²) in [6.45, 7) is 6.31. The zero-order valence-corrected chi connectivity index (χ0v) is 13.1. The van der Waals surface area contributed by atoms with Crippen LogP contribution in [0.5, 0.6) is 0 Å². The third kappa shape index (κ3) is 3.06. The van der Waals surface area contributed by atoms with Gasteiger partial charge in [0.2, 0.25) is 0 Å². The molecule has 3 heteroatoms. The Labute approximate surface area is 123 Å². The van der Waals surface area contributed by atoms with Gasteiger partial charge in [-0.05, 0) is 49.1 Å². The van der Waals surface area contributed by atoms with Crippen molar-refractivity contribution in [1.29, 1.82) is 0 Å². The Balaban J connectivity index is 2.46. The van der Waals surface area contributed by atoms with E-state index in [9.17, 15) is 0 Å². The number of aryl methyl sites for hydroxylation is 3. The summed E-state index contributed by atoms with van der Waals surface area (Å²) in [6, 6.07) is 12.8. The summed E-state index contributed by atoms with van der Waals surface area (Å²) >= 11 is 3.53. The molecule has 0 heterocycles. The van der Waals surface area contributed by atoms with E-state index in [2.05, 4.69) is 78.5 Å². The van der Waals surface area contributed by atoms with Gasteiger partial charge >= 0.3 is 0 Å². The lowest BCUT2D eigenvalue weighted by molar-refractivity contribution is 0.633. The standard InChI is InChI=1S/C16H19BrN2/c1-10-4-6-14(11(2)8-10)16(19-18)13-5-7-15(17)12(3)9-13/h4-9,16,19H,18H2,1-3H3. The minimum atomic E-state index is 0.0207. The third-order valence-corrected chi connectivity index (χ3v) is 4.31. The van der Waals surface area contributed by atoms with E-state index in [0.29, 0.717) is 0 Å². The normalized spacial score (nSPS) is 12.5. The first kappa shape index (κ1) is 14.3. The van der Waals surface area contributed by atoms with Crippen molar-refractivity contribution in [2.45, 2.75) is 26.8 Å². The fraction of sp³-hybridized carbons (Fsp3) is 0.250. The predicted molar refractivity (Wildman–Crippen MR) is 84.0 cm³/mol. The van der Waals surface area contributed by atoms with Gasteiger partial charge in [0.1, 0.15) is 0 Å². The molecule has 0 aliphatic rings. The van der Waals surface area contributed by atoms with E-state index in [-0.39, 0.29) is 6.04 Å². The van der Waals surface area contributed by atoms with E-state index in [4.69, 9.17) is 5.84 Å². The third-order valence-electron chi connectivity index (χ3n) is 3.42. The SMILES string of the molecule is Cc1ccc(C(NN)c2ccc(Br)c(C)c2)c(C)c1. The molecule has 2 rings (SSSR count). The van der Waals surface area contributed by atoms with Gasteiger partial charge in [-0.25, -0.2) is 5.43 Å². The molecule has 3 N–H and O–H groups in total. The van der Waals surface area contributed by atoms with Crippen LogP contribution in [0.4, 0.5) is 0 Å². The van der Waals surface area contributed by atoms with E-state index in [1.54, 1.807) is 0 Å². The minimum Gasteiger partial charge on any atom is -0.271 e. The van der Waals surface area contributed by atoms with Crippen LogP contribution in [0, 0.1) is 20.8 Å². The molecule has 0 bridgehead atoms. The number of halogens is 1. The molecule has 0 aromatic heterocycles. The van der Waals surface area contributed by atoms with Crippen LogP contribution in [0.25, 0.3) is 0 Å². The quantitative estimate of drug-likeness (QED) is 0.664. The lowest BCUT2D eigenvalue weighted by atomic mass is 9.93. The second kappa shape index (κ2) is 5.87. The molecule has 1 unspecified atom stereocenters. The van der Waals surface area contributed by atoms with Crippen molar-refractivity contribution in [2.24, 2.45) is 5.84 Å². The zero-order chi connectivity index (χ0) is 14.0. The predicted octanol–water partition coefficient (Wildman–Crippen LogP) is 3.93. The van der Waals surface area contributed by atoms with E-state index >= 15 is 0 Å². The maximum Gasteiger partial charge on any atom is 0.0712 e. The summed E-state index contributed by atoms with van der Waals surface area (Å²) in [4.78, 5) is 0. The van der Waals surface area contributed by atoms with Gasteiger partial charge in [-0.1, -0.05) is 51.8 Å². The van der Waals surface area contributed by atoms with Gasteiger partial charge in [-0.2, -0.15) is 0 Å². The van der Waals surface area contributed by atoms with Crippen LogP contribution in [-0.2, 0) is 0 Å². The fourth-order valence-electron chi connectivity index (χ4n) is 2.36. The van der Waals surface area contributed by atoms with Crippen LogP contribution in [0.2, 0.25) is 0 Å². The fourth-order valence-corrected chi connectivity index (χ4v) is 2.61. The van der Waals surface area contributed by atoms with E-state index < -0.39 is 0 Å². The molecule has 0 spiro atoms. The number of hydrazine groups is 1. The summed E-state index contributed by atoms with van der Waals surface area (Å²) in [5.41, 5.74) is 9.05. The molecule has 19 heavy (non-hydrogen) atoms. The molecule has 100 valence electrons. The van der Waals surface area contributed by atoms with Crippen LogP contribution in [0.1, 0.15) is 33.9 Å². The minimum absolute atomic E-state index is 0.0207. The van der Waals surface area contributed by atoms with E-state index in [1.807, 2.05) is 0 Å². The Hall–Kier alpha value is -1.16. The van der Waals surface area contributed by atoms with Gasteiger partial charge in [-0.15, -0.1) is 0 Å². The maximum absolute atomic E-state index is 5.77. The topological polar surface area (TPSA) is 38.0 Å². The highest BCUT2D eigenvalue weighted by Crippen LogP contribution is 2.27. The summed E-state index contributed by atoms with van der Waals surface area (Å²) in [7, 11) is 0. The van der Waals surface area contributed by atoms with Gasteiger partial charge in [0.05, 0.1) is 6.04 Å². The molecule has 0 saturated carbocycles. The Kier molecular flexibility index (Phi) is 4.40. The van der Waals surface area contributed by atoms with Crippen LogP contribution in [-0.4, -0.2) is 0 Å². The monoisotopic (exact) mass is 318 g/mol. The number of nitrogens with one attached hydrogen (secondary N) is 1. The Morgan fingerprint density at radius 1 is 1.00 bits per heavy atom. The van der Waals surface area contributed by atoms with Crippen LogP contribution < -0.4 is 11.3 Å². The molecular weight excluding hydrogens is 300 g/mol. The second-order valence-electron chi connectivity index (χ2n) is 4.97. The first-order valence-electron chi connectivity index (χ1n) is 6.32. The molecule has 0 radical (unpaired) electrons. The highest BCUT2D eigenvalue weighted by molar-refractivity contribution is 9.10. The average molecular weight is 319 g/mol. The summed E-state index contributed by atoms with van der Waals surface area (Å²) in [6.07, 6.45) is 0. The number of hydrogen-bond donors (Lipinski definition) is 2. The van der Waals surface area contributed by atoms with Gasteiger partial charge in [0.25, 0.3) is 0 Å². The molecule has 1 atom stereocenters. The number of rotatable bonds is 3. The summed E-state index contributed by atoms with van der Waals surface area (Å²) in [5.74, 6) is 5.77. The average Bonchev–Trinajstić information content (AvgIpc) is 2.37. The lowest BCUT2D eigenvalue weighted by Gasteiger charge is -2.20. The highest BCUT2D eigenvalue weighted by atomic mass is 79.9. The number of nitrogens with two attached hydrogens (primary N) is 1. The Morgan fingerprint density at radius 3 is 2.32 bits per heavy atom. The van der Waals surface area contributed by atoms with Crippen molar-refractivity contribution >= 4 is 15.9 Å². The molecule has 0 saturated heterocycles. The highest BCUT2D eigenvalue weighted by Gasteiger charge is 2.15.